The van der Waals surface area contributed by atoms with Crippen molar-refractivity contribution in [2.75, 3.05) is 12.3 Å². The third-order valence-electron chi connectivity index (χ3n) is 3.07. The van der Waals surface area contributed by atoms with Gasteiger partial charge >= 0.3 is 0 Å². The van der Waals surface area contributed by atoms with Gasteiger partial charge in [-0.1, -0.05) is 13.3 Å². The number of hydrogen-bond donors (Lipinski definition) is 2. The number of anilines is 1. The van der Waals surface area contributed by atoms with E-state index in [0.29, 0.717) is 6.54 Å². The Bertz CT molecular complexity index is 536. The van der Waals surface area contributed by atoms with Gasteiger partial charge in [-0.15, -0.1) is 0 Å². The third-order valence-corrected chi connectivity index (χ3v) is 3.07. The maximum absolute atomic E-state index is 9.35. The number of fused-ring (bicyclic) bond motifs is 1. The highest BCUT2D eigenvalue weighted by molar-refractivity contribution is 5.74. The first kappa shape index (κ1) is 12.8. The number of nitrogens with two attached hydrogens (primary N) is 1. The second-order valence-corrected chi connectivity index (χ2v) is 4.57. The van der Waals surface area contributed by atoms with Crippen LogP contribution in [0.5, 0.6) is 0 Å². The lowest BCUT2D eigenvalue weighted by atomic mass is 10.1. The fraction of sp³-hybridized carbons (Fsp3) is 0.583. The zero-order valence-corrected chi connectivity index (χ0v) is 10.8. The molecular formula is C12H19N5O. The van der Waals surface area contributed by atoms with Crippen LogP contribution in [0, 0.1) is 12.8 Å². The second-order valence-electron chi connectivity index (χ2n) is 4.57. The van der Waals surface area contributed by atoms with Gasteiger partial charge in [-0.2, -0.15) is 4.98 Å². The Labute approximate surface area is 106 Å². The van der Waals surface area contributed by atoms with Crippen LogP contribution in [0.1, 0.15) is 25.5 Å². The molecule has 3 N–H and O–H groups in total. The molecule has 1 atom stereocenters. The highest BCUT2D eigenvalue weighted by atomic mass is 16.3. The molecule has 2 aromatic rings. The molecule has 98 valence electrons. The molecule has 0 spiro atoms. The Kier molecular flexibility index (Phi) is 3.76. The molecule has 0 bridgehead atoms. The van der Waals surface area contributed by atoms with Gasteiger partial charge in [-0.05, 0) is 13.3 Å². The number of aliphatic hydroxyl groups is 1. The standard InChI is InChI=1S/C12H19N5O/c1-3-4-9(6-18)5-17-7-14-10-8(2)15-12(13)16-11(10)17/h7,9,18H,3-6H2,1-2H3,(H2,13,15,16)/t9-/m1/s1. The van der Waals surface area contributed by atoms with Gasteiger partial charge in [-0.3, -0.25) is 0 Å². The van der Waals surface area contributed by atoms with E-state index < -0.39 is 0 Å². The molecule has 18 heavy (non-hydrogen) atoms. The van der Waals surface area contributed by atoms with Crippen molar-refractivity contribution in [1.82, 2.24) is 19.5 Å². The molecule has 6 heteroatoms. The van der Waals surface area contributed by atoms with Gasteiger partial charge in [0.1, 0.15) is 5.52 Å². The molecule has 2 rings (SSSR count). The normalized spacial score (nSPS) is 13.1. The van der Waals surface area contributed by atoms with Gasteiger partial charge < -0.3 is 15.4 Å². The molecule has 2 heterocycles. The van der Waals surface area contributed by atoms with Crippen LogP contribution in [0.3, 0.4) is 0 Å². The summed E-state index contributed by atoms with van der Waals surface area (Å²) in [5, 5.41) is 9.35. The summed E-state index contributed by atoms with van der Waals surface area (Å²) >= 11 is 0. The predicted molar refractivity (Wildman–Crippen MR) is 70.0 cm³/mol. The summed E-state index contributed by atoms with van der Waals surface area (Å²) in [5.41, 5.74) is 7.97. The molecule has 0 saturated carbocycles. The van der Waals surface area contributed by atoms with Crippen molar-refractivity contribution in [3.05, 3.63) is 12.0 Å². The minimum atomic E-state index is 0.174. The average Bonchev–Trinajstić information content (AvgIpc) is 2.72. The summed E-state index contributed by atoms with van der Waals surface area (Å²) in [7, 11) is 0. The smallest absolute Gasteiger partial charge is 0.222 e. The number of imidazole rings is 1. The first-order valence-electron chi connectivity index (χ1n) is 6.21. The van der Waals surface area contributed by atoms with E-state index in [1.54, 1.807) is 6.33 Å². The molecule has 2 aromatic heterocycles. The summed E-state index contributed by atoms with van der Waals surface area (Å²) in [6.45, 7) is 4.86. The Morgan fingerprint density at radius 2 is 2.22 bits per heavy atom. The Hall–Kier alpha value is -1.69. The fourth-order valence-electron chi connectivity index (χ4n) is 2.17. The predicted octanol–water partition coefficient (Wildman–Crippen LogP) is 1.13. The van der Waals surface area contributed by atoms with Crippen molar-refractivity contribution in [2.45, 2.75) is 33.2 Å². The Morgan fingerprint density at radius 1 is 1.44 bits per heavy atom. The van der Waals surface area contributed by atoms with Crippen LogP contribution in [-0.4, -0.2) is 31.2 Å². The molecule has 0 radical (unpaired) electrons. The first-order valence-corrected chi connectivity index (χ1v) is 6.21. The van der Waals surface area contributed by atoms with E-state index in [0.717, 1.165) is 29.7 Å². The van der Waals surface area contributed by atoms with Crippen LogP contribution in [0.2, 0.25) is 0 Å². The van der Waals surface area contributed by atoms with Crippen LogP contribution in [0.15, 0.2) is 6.33 Å². The Morgan fingerprint density at radius 3 is 2.89 bits per heavy atom. The van der Waals surface area contributed by atoms with E-state index in [9.17, 15) is 5.11 Å². The number of rotatable bonds is 5. The molecule has 0 aliphatic rings. The van der Waals surface area contributed by atoms with Crippen molar-refractivity contribution in [3.63, 3.8) is 0 Å². The Balaban J connectivity index is 2.34. The minimum absolute atomic E-state index is 0.174. The maximum atomic E-state index is 9.35. The summed E-state index contributed by atoms with van der Waals surface area (Å²) in [6, 6.07) is 0. The highest BCUT2D eigenvalue weighted by Gasteiger charge is 2.13. The van der Waals surface area contributed by atoms with E-state index in [4.69, 9.17) is 5.73 Å². The lowest BCUT2D eigenvalue weighted by Gasteiger charge is -2.13. The largest absolute Gasteiger partial charge is 0.396 e. The topological polar surface area (TPSA) is 89.8 Å². The summed E-state index contributed by atoms with van der Waals surface area (Å²) in [6.07, 6.45) is 3.77. The molecule has 0 aliphatic carbocycles. The second kappa shape index (κ2) is 5.30. The molecule has 0 aromatic carbocycles. The summed E-state index contributed by atoms with van der Waals surface area (Å²) < 4.78 is 1.94. The average molecular weight is 249 g/mol. The molecule has 0 unspecified atom stereocenters. The van der Waals surface area contributed by atoms with Gasteiger partial charge in [0, 0.05) is 19.1 Å². The number of aromatic nitrogens is 4. The lowest BCUT2D eigenvalue weighted by Crippen LogP contribution is -2.14. The maximum Gasteiger partial charge on any atom is 0.222 e. The van der Waals surface area contributed by atoms with Gasteiger partial charge in [0.05, 0.1) is 12.0 Å². The molecule has 0 saturated heterocycles. The molecule has 6 nitrogen and oxygen atoms in total. The van der Waals surface area contributed by atoms with Crippen LogP contribution in [0.4, 0.5) is 5.95 Å². The summed E-state index contributed by atoms with van der Waals surface area (Å²) in [5.74, 6) is 0.488. The highest BCUT2D eigenvalue weighted by Crippen LogP contribution is 2.17. The van der Waals surface area contributed by atoms with Crippen molar-refractivity contribution in [2.24, 2.45) is 5.92 Å². The molecule has 0 fully saturated rings. The van der Waals surface area contributed by atoms with Gasteiger partial charge in [0.2, 0.25) is 5.95 Å². The first-order chi connectivity index (χ1) is 8.65. The number of nitrogens with zero attached hydrogens (tertiary/aromatic N) is 4. The molecule has 0 amide bonds. The van der Waals surface area contributed by atoms with Crippen molar-refractivity contribution < 1.29 is 5.11 Å². The van der Waals surface area contributed by atoms with Gasteiger partial charge in [0.15, 0.2) is 5.65 Å². The van der Waals surface area contributed by atoms with E-state index in [-0.39, 0.29) is 18.5 Å². The molecule has 0 aliphatic heterocycles. The zero-order valence-electron chi connectivity index (χ0n) is 10.8. The van der Waals surface area contributed by atoms with Gasteiger partial charge in [-0.25, -0.2) is 9.97 Å². The number of aryl methyl sites for hydroxylation is 1. The zero-order chi connectivity index (χ0) is 13.1. The number of hydrogen-bond acceptors (Lipinski definition) is 5. The van der Waals surface area contributed by atoms with E-state index in [1.807, 2.05) is 11.5 Å². The monoisotopic (exact) mass is 249 g/mol. The molecular weight excluding hydrogens is 230 g/mol. The quantitative estimate of drug-likeness (QED) is 0.829. The number of aliphatic hydroxyl groups excluding tert-OH is 1. The third kappa shape index (κ3) is 2.43. The van der Waals surface area contributed by atoms with Crippen LogP contribution in [-0.2, 0) is 6.54 Å². The van der Waals surface area contributed by atoms with Crippen molar-refractivity contribution in [1.29, 1.82) is 0 Å². The van der Waals surface area contributed by atoms with Crippen LogP contribution in [0.25, 0.3) is 11.2 Å². The number of nitrogen functional groups attached to an aromatic ring is 1. The van der Waals surface area contributed by atoms with Gasteiger partial charge in [0.25, 0.3) is 0 Å². The van der Waals surface area contributed by atoms with Crippen molar-refractivity contribution in [3.8, 4) is 0 Å². The van der Waals surface area contributed by atoms with E-state index in [2.05, 4.69) is 21.9 Å². The minimum Gasteiger partial charge on any atom is -0.396 e. The van der Waals surface area contributed by atoms with Crippen LogP contribution >= 0.6 is 0 Å². The fourth-order valence-corrected chi connectivity index (χ4v) is 2.17. The van der Waals surface area contributed by atoms with Crippen molar-refractivity contribution >= 4 is 17.1 Å². The van der Waals surface area contributed by atoms with Crippen LogP contribution < -0.4 is 5.73 Å². The van der Waals surface area contributed by atoms with E-state index in [1.165, 1.54) is 0 Å². The summed E-state index contributed by atoms with van der Waals surface area (Å²) in [4.78, 5) is 12.6. The van der Waals surface area contributed by atoms with E-state index >= 15 is 0 Å². The lowest BCUT2D eigenvalue weighted by molar-refractivity contribution is 0.203. The SMILES string of the molecule is CCC[C@@H](CO)Cn1cnc2c(C)nc(N)nc21.